The summed E-state index contributed by atoms with van der Waals surface area (Å²) in [7, 11) is 0. The van der Waals surface area contributed by atoms with Crippen molar-refractivity contribution in [2.75, 3.05) is 5.32 Å². The predicted molar refractivity (Wildman–Crippen MR) is 84.2 cm³/mol. The summed E-state index contributed by atoms with van der Waals surface area (Å²) in [6.07, 6.45) is 3.93. The van der Waals surface area contributed by atoms with Gasteiger partial charge in [0.25, 0.3) is 0 Å². The lowest BCUT2D eigenvalue weighted by Crippen LogP contribution is -2.36. The fourth-order valence-electron chi connectivity index (χ4n) is 3.79. The lowest BCUT2D eigenvalue weighted by molar-refractivity contribution is -0.146. The summed E-state index contributed by atoms with van der Waals surface area (Å²) in [5.74, 6) is -2.59. The van der Waals surface area contributed by atoms with Gasteiger partial charge in [-0.05, 0) is 26.0 Å². The van der Waals surface area contributed by atoms with Gasteiger partial charge in [0, 0.05) is 17.5 Å². The molecular weight excluding hydrogens is 278 g/mol. The Kier molecular flexibility index (Phi) is 3.61. The number of carbonyl (C=O) groups excluding carboxylic acids is 1. The molecule has 1 aromatic rings. The molecule has 1 aromatic carbocycles. The molecule has 1 saturated carbocycles. The summed E-state index contributed by atoms with van der Waals surface area (Å²) >= 11 is 0. The second-order valence-corrected chi connectivity index (χ2v) is 6.14. The van der Waals surface area contributed by atoms with Crippen molar-refractivity contribution in [3.63, 3.8) is 0 Å². The van der Waals surface area contributed by atoms with Gasteiger partial charge < -0.3 is 10.4 Å². The number of hydrogen-bond acceptors (Lipinski definition) is 2. The number of nitrogens with one attached hydrogen (secondary N) is 1. The molecule has 2 N–H and O–H groups in total. The molecule has 1 fully saturated rings. The highest BCUT2D eigenvalue weighted by atomic mass is 16.4. The van der Waals surface area contributed by atoms with Crippen LogP contribution in [0.3, 0.4) is 0 Å². The van der Waals surface area contributed by atoms with Gasteiger partial charge >= 0.3 is 5.97 Å². The molecule has 0 saturated heterocycles. The minimum absolute atomic E-state index is 0.0974. The second kappa shape index (κ2) is 5.44. The van der Waals surface area contributed by atoms with Gasteiger partial charge in [-0.1, -0.05) is 41.5 Å². The first kappa shape index (κ1) is 14.6. The third-order valence-corrected chi connectivity index (χ3v) is 4.61. The Morgan fingerprint density at radius 1 is 1.00 bits per heavy atom. The van der Waals surface area contributed by atoms with Crippen LogP contribution in [0.25, 0.3) is 0 Å². The maximum atomic E-state index is 12.7. The molecule has 114 valence electrons. The van der Waals surface area contributed by atoms with E-state index in [4.69, 9.17) is 0 Å². The van der Waals surface area contributed by atoms with E-state index in [1.165, 1.54) is 0 Å². The minimum Gasteiger partial charge on any atom is -0.481 e. The lowest BCUT2D eigenvalue weighted by atomic mass is 9.82. The van der Waals surface area contributed by atoms with E-state index in [0.717, 1.165) is 11.1 Å². The van der Waals surface area contributed by atoms with Gasteiger partial charge in [0.15, 0.2) is 0 Å². The molecule has 4 heteroatoms. The van der Waals surface area contributed by atoms with Gasteiger partial charge in [0.1, 0.15) is 0 Å². The van der Waals surface area contributed by atoms with Crippen molar-refractivity contribution in [3.05, 3.63) is 53.6 Å². The summed E-state index contributed by atoms with van der Waals surface area (Å²) in [5.41, 5.74) is 2.91. The molecule has 2 aliphatic carbocycles. The Bertz CT molecular complexity index is 671. The topological polar surface area (TPSA) is 66.4 Å². The van der Waals surface area contributed by atoms with E-state index in [9.17, 15) is 14.7 Å². The monoisotopic (exact) mass is 297 g/mol. The molecule has 0 aliphatic heterocycles. The summed E-state index contributed by atoms with van der Waals surface area (Å²) in [6.45, 7) is 3.97. The van der Waals surface area contributed by atoms with Gasteiger partial charge in [-0.25, -0.2) is 0 Å². The Morgan fingerprint density at radius 3 is 2.14 bits per heavy atom. The Morgan fingerprint density at radius 2 is 1.59 bits per heavy atom. The van der Waals surface area contributed by atoms with E-state index in [2.05, 4.69) is 5.32 Å². The molecule has 0 aromatic heterocycles. The van der Waals surface area contributed by atoms with Crippen molar-refractivity contribution in [1.29, 1.82) is 0 Å². The van der Waals surface area contributed by atoms with Crippen LogP contribution < -0.4 is 5.32 Å². The zero-order chi connectivity index (χ0) is 15.9. The van der Waals surface area contributed by atoms with E-state index in [1.54, 1.807) is 12.1 Å². The second-order valence-electron chi connectivity index (χ2n) is 6.14. The summed E-state index contributed by atoms with van der Waals surface area (Å²) in [5, 5.41) is 12.4. The Balaban J connectivity index is 1.92. The largest absolute Gasteiger partial charge is 0.481 e. The number of rotatable bonds is 3. The molecule has 4 atom stereocenters. The zero-order valence-electron chi connectivity index (χ0n) is 12.6. The molecule has 0 spiro atoms. The lowest BCUT2D eigenvalue weighted by Gasteiger charge is -2.23. The molecule has 2 aliphatic rings. The zero-order valence-corrected chi connectivity index (χ0v) is 12.6. The van der Waals surface area contributed by atoms with Crippen molar-refractivity contribution < 1.29 is 14.7 Å². The van der Waals surface area contributed by atoms with Gasteiger partial charge in [0.2, 0.25) is 5.91 Å². The molecule has 3 rings (SSSR count). The van der Waals surface area contributed by atoms with E-state index in [1.807, 2.05) is 44.2 Å². The number of para-hydroxylation sites is 1. The van der Waals surface area contributed by atoms with E-state index < -0.39 is 17.8 Å². The number of amides is 1. The third kappa shape index (κ3) is 2.25. The Hall–Kier alpha value is -2.36. The highest BCUT2D eigenvalue weighted by Crippen LogP contribution is 2.53. The van der Waals surface area contributed by atoms with Crippen molar-refractivity contribution >= 4 is 17.6 Å². The van der Waals surface area contributed by atoms with Crippen molar-refractivity contribution in [1.82, 2.24) is 0 Å². The standard InChI is InChI=1S/C18H19NO3/c1-10(2)14-12-8-9-13(14)16(18(21)22)15(12)17(20)19-11-6-4-3-5-7-11/h3-9,12-13,15-16H,1-2H3,(H,19,20)(H,21,22)/t12-,13-,15+,16-/m1/s1. The predicted octanol–water partition coefficient (Wildman–Crippen LogP) is 3.09. The van der Waals surface area contributed by atoms with Crippen LogP contribution in [0.4, 0.5) is 5.69 Å². The number of aliphatic carboxylic acids is 1. The average Bonchev–Trinajstić information content (AvgIpc) is 3.03. The smallest absolute Gasteiger partial charge is 0.308 e. The van der Waals surface area contributed by atoms with Crippen molar-refractivity contribution in [2.24, 2.45) is 23.7 Å². The minimum atomic E-state index is -0.899. The van der Waals surface area contributed by atoms with Crippen LogP contribution >= 0.6 is 0 Å². The van der Waals surface area contributed by atoms with Gasteiger partial charge in [-0.3, -0.25) is 9.59 Å². The maximum Gasteiger partial charge on any atom is 0.308 e. The number of carbonyl (C=O) groups is 2. The van der Waals surface area contributed by atoms with Crippen molar-refractivity contribution in [2.45, 2.75) is 13.8 Å². The molecular formula is C18H19NO3. The first-order chi connectivity index (χ1) is 10.5. The molecule has 22 heavy (non-hydrogen) atoms. The van der Waals surface area contributed by atoms with E-state index >= 15 is 0 Å². The van der Waals surface area contributed by atoms with Crippen LogP contribution in [0, 0.1) is 23.7 Å². The number of hydrogen-bond donors (Lipinski definition) is 2. The first-order valence-electron chi connectivity index (χ1n) is 7.45. The quantitative estimate of drug-likeness (QED) is 0.843. The van der Waals surface area contributed by atoms with Crippen LogP contribution in [0.2, 0.25) is 0 Å². The van der Waals surface area contributed by atoms with Crippen molar-refractivity contribution in [3.8, 4) is 0 Å². The molecule has 0 heterocycles. The number of carboxylic acid groups (broad SMARTS) is 1. The van der Waals surface area contributed by atoms with Crippen LogP contribution in [-0.4, -0.2) is 17.0 Å². The summed E-state index contributed by atoms with van der Waals surface area (Å²) < 4.78 is 0. The molecule has 2 bridgehead atoms. The van der Waals surface area contributed by atoms with Gasteiger partial charge in [-0.2, -0.15) is 0 Å². The van der Waals surface area contributed by atoms with E-state index in [0.29, 0.717) is 5.69 Å². The summed E-state index contributed by atoms with van der Waals surface area (Å²) in [4.78, 5) is 24.3. The highest BCUT2D eigenvalue weighted by Gasteiger charge is 2.54. The number of carboxylic acids is 1. The number of fused-ring (bicyclic) bond motifs is 2. The van der Waals surface area contributed by atoms with Crippen LogP contribution in [0.5, 0.6) is 0 Å². The SMILES string of the molecule is CC(C)=C1[C@H]2C=C[C@H]1[C@@H](C(=O)O)[C@H]2C(=O)Nc1ccccc1. The molecule has 1 amide bonds. The van der Waals surface area contributed by atoms with Crippen LogP contribution in [0.1, 0.15) is 13.8 Å². The molecule has 0 radical (unpaired) electrons. The fourth-order valence-corrected chi connectivity index (χ4v) is 3.79. The highest BCUT2D eigenvalue weighted by molar-refractivity contribution is 5.97. The number of benzene rings is 1. The maximum absolute atomic E-state index is 12.7. The summed E-state index contributed by atoms with van der Waals surface area (Å²) in [6, 6.07) is 9.16. The molecule has 0 unspecified atom stereocenters. The average molecular weight is 297 g/mol. The van der Waals surface area contributed by atoms with Gasteiger partial charge in [0.05, 0.1) is 11.8 Å². The fraction of sp³-hybridized carbons (Fsp3) is 0.333. The van der Waals surface area contributed by atoms with Gasteiger partial charge in [-0.15, -0.1) is 0 Å². The van der Waals surface area contributed by atoms with Crippen LogP contribution in [0.15, 0.2) is 53.6 Å². The normalized spacial score (nSPS) is 28.7. The Labute approximate surface area is 129 Å². The molecule has 4 nitrogen and oxygen atoms in total. The first-order valence-corrected chi connectivity index (χ1v) is 7.45. The number of allylic oxidation sites excluding steroid dienone is 4. The van der Waals surface area contributed by atoms with Crippen LogP contribution in [-0.2, 0) is 9.59 Å². The van der Waals surface area contributed by atoms with E-state index in [-0.39, 0.29) is 17.7 Å². The third-order valence-electron chi connectivity index (χ3n) is 4.61. The number of anilines is 1.